The number of pyridine rings is 1. The monoisotopic (exact) mass is 370 g/mol. The molecule has 0 aliphatic rings. The lowest BCUT2D eigenvalue weighted by atomic mass is 10.1. The molecule has 0 aliphatic heterocycles. The van der Waals surface area contributed by atoms with Gasteiger partial charge in [-0.1, -0.05) is 23.8 Å². The van der Waals surface area contributed by atoms with Crippen LogP contribution in [0.3, 0.4) is 0 Å². The minimum Gasteiger partial charge on any atom is -0.266 e. The molecule has 3 rings (SSSR count). The van der Waals surface area contributed by atoms with E-state index in [-0.39, 0.29) is 6.54 Å². The molecule has 0 saturated heterocycles. The van der Waals surface area contributed by atoms with Gasteiger partial charge >= 0.3 is 0 Å². The van der Waals surface area contributed by atoms with Crippen molar-refractivity contribution in [2.45, 2.75) is 32.2 Å². The van der Waals surface area contributed by atoms with Gasteiger partial charge in [0, 0.05) is 13.2 Å². The van der Waals surface area contributed by atoms with E-state index in [4.69, 9.17) is 0 Å². The Labute approximate surface area is 154 Å². The molecule has 3 aromatic rings. The van der Waals surface area contributed by atoms with Gasteiger partial charge in [0.05, 0.1) is 28.5 Å². The fourth-order valence-electron chi connectivity index (χ4n) is 3.20. The number of sulfonamides is 1. The molecule has 1 aromatic carbocycles. The van der Waals surface area contributed by atoms with Crippen molar-refractivity contribution in [1.82, 2.24) is 19.5 Å². The van der Waals surface area contributed by atoms with Crippen LogP contribution in [0.25, 0.3) is 11.4 Å². The minimum absolute atomic E-state index is 0.121. The lowest BCUT2D eigenvalue weighted by molar-refractivity contribution is 0.578. The van der Waals surface area contributed by atoms with Crippen LogP contribution in [0.2, 0.25) is 0 Å². The third-order valence-corrected chi connectivity index (χ3v) is 5.88. The van der Waals surface area contributed by atoms with Crippen LogP contribution in [0.1, 0.15) is 22.4 Å². The Hall–Kier alpha value is -2.51. The van der Waals surface area contributed by atoms with Crippen LogP contribution in [-0.2, 0) is 23.6 Å². The van der Waals surface area contributed by atoms with Gasteiger partial charge in [0.1, 0.15) is 0 Å². The smallest absolute Gasteiger partial charge is 0.241 e. The maximum atomic E-state index is 12.8. The summed E-state index contributed by atoms with van der Waals surface area (Å²) in [5, 5.41) is 4.39. The molecule has 0 amide bonds. The molecule has 0 saturated carbocycles. The molecule has 0 bridgehead atoms. The van der Waals surface area contributed by atoms with E-state index < -0.39 is 10.0 Å². The molecule has 0 radical (unpaired) electrons. The molecule has 26 heavy (non-hydrogen) atoms. The van der Waals surface area contributed by atoms with Gasteiger partial charge in [-0.2, -0.15) is 5.10 Å². The quantitative estimate of drug-likeness (QED) is 0.749. The molecular formula is C19H22N4O2S. The van der Waals surface area contributed by atoms with Gasteiger partial charge < -0.3 is 0 Å². The molecule has 136 valence electrons. The van der Waals surface area contributed by atoms with Gasteiger partial charge in [0.2, 0.25) is 10.0 Å². The maximum Gasteiger partial charge on any atom is 0.241 e. The van der Waals surface area contributed by atoms with Crippen LogP contribution in [0, 0.1) is 20.8 Å². The average molecular weight is 370 g/mol. The number of aromatic nitrogens is 3. The van der Waals surface area contributed by atoms with Crippen molar-refractivity contribution in [2.75, 3.05) is 0 Å². The van der Waals surface area contributed by atoms with Gasteiger partial charge in [0.15, 0.2) is 0 Å². The summed E-state index contributed by atoms with van der Waals surface area (Å²) in [4.78, 5) is 4.65. The number of hydrogen-bond acceptors (Lipinski definition) is 4. The second kappa shape index (κ2) is 7.01. The maximum absolute atomic E-state index is 12.8. The van der Waals surface area contributed by atoms with E-state index in [1.807, 2.05) is 64.2 Å². The van der Waals surface area contributed by atoms with Crippen molar-refractivity contribution in [1.29, 1.82) is 0 Å². The van der Waals surface area contributed by atoms with Gasteiger partial charge in [-0.15, -0.1) is 0 Å². The van der Waals surface area contributed by atoms with Crippen molar-refractivity contribution in [3.63, 3.8) is 0 Å². The third-order valence-electron chi connectivity index (χ3n) is 4.17. The van der Waals surface area contributed by atoms with Crippen LogP contribution < -0.4 is 4.72 Å². The summed E-state index contributed by atoms with van der Waals surface area (Å²) in [6.45, 7) is 5.70. The Kier molecular flexibility index (Phi) is 4.93. The molecule has 0 aliphatic carbocycles. The summed E-state index contributed by atoms with van der Waals surface area (Å²) in [5.74, 6) is 0. The second-order valence-electron chi connectivity index (χ2n) is 6.41. The number of nitrogens with zero attached hydrogens (tertiary/aromatic N) is 3. The van der Waals surface area contributed by atoms with E-state index >= 15 is 0 Å². The normalized spacial score (nSPS) is 11.7. The SMILES string of the molecule is Cc1cc(C)c(S(=O)(=O)NCc2cc(-c3ccccn3)n(C)n2)c(C)c1. The van der Waals surface area contributed by atoms with Crippen LogP contribution in [-0.4, -0.2) is 23.2 Å². The standard InChI is InChI=1S/C19H22N4O2S/c1-13-9-14(2)19(15(3)10-13)26(24,25)21-12-16-11-18(23(4)22-16)17-7-5-6-8-20-17/h5-11,21H,12H2,1-4H3. The number of rotatable bonds is 5. The minimum atomic E-state index is -3.62. The zero-order valence-corrected chi connectivity index (χ0v) is 16.1. The van der Waals surface area contributed by atoms with Crippen LogP contribution in [0.4, 0.5) is 0 Å². The molecule has 2 aromatic heterocycles. The van der Waals surface area contributed by atoms with Crippen molar-refractivity contribution in [3.05, 3.63) is 65.0 Å². The zero-order chi connectivity index (χ0) is 18.9. The fraction of sp³-hybridized carbons (Fsp3) is 0.263. The Bertz CT molecular complexity index is 1020. The van der Waals surface area contributed by atoms with Gasteiger partial charge in [-0.05, 0) is 50.1 Å². The molecular weight excluding hydrogens is 348 g/mol. The first-order valence-corrected chi connectivity index (χ1v) is 9.78. The molecule has 0 spiro atoms. The number of aryl methyl sites for hydroxylation is 4. The van der Waals surface area contributed by atoms with Crippen molar-refractivity contribution in [2.24, 2.45) is 7.05 Å². The van der Waals surface area contributed by atoms with Crippen LogP contribution in [0.15, 0.2) is 47.5 Å². The molecule has 0 atom stereocenters. The topological polar surface area (TPSA) is 76.9 Å². The summed E-state index contributed by atoms with van der Waals surface area (Å²) in [6, 6.07) is 11.2. The average Bonchev–Trinajstić information content (AvgIpc) is 2.93. The second-order valence-corrected chi connectivity index (χ2v) is 8.12. The van der Waals surface area contributed by atoms with Crippen LogP contribution in [0.5, 0.6) is 0 Å². The van der Waals surface area contributed by atoms with Gasteiger partial charge in [-0.3, -0.25) is 9.67 Å². The van der Waals surface area contributed by atoms with E-state index in [1.165, 1.54) is 0 Å². The predicted molar refractivity (Wildman–Crippen MR) is 101 cm³/mol. The third kappa shape index (κ3) is 3.68. The molecule has 1 N–H and O–H groups in total. The molecule has 0 fully saturated rings. The van der Waals surface area contributed by atoms with E-state index in [0.29, 0.717) is 10.6 Å². The van der Waals surface area contributed by atoms with Crippen molar-refractivity contribution >= 4 is 10.0 Å². The number of hydrogen-bond donors (Lipinski definition) is 1. The Balaban J connectivity index is 1.83. The van der Waals surface area contributed by atoms with E-state index in [0.717, 1.165) is 28.1 Å². The summed E-state index contributed by atoms with van der Waals surface area (Å²) in [7, 11) is -1.80. The summed E-state index contributed by atoms with van der Waals surface area (Å²) < 4.78 is 29.9. The highest BCUT2D eigenvalue weighted by Gasteiger charge is 2.20. The van der Waals surface area contributed by atoms with E-state index in [9.17, 15) is 8.42 Å². The Morgan fingerprint density at radius 3 is 2.38 bits per heavy atom. The lowest BCUT2D eigenvalue weighted by Gasteiger charge is -2.12. The van der Waals surface area contributed by atoms with Crippen LogP contribution >= 0.6 is 0 Å². The Morgan fingerprint density at radius 2 is 1.77 bits per heavy atom. The summed E-state index contributed by atoms with van der Waals surface area (Å²) in [5.41, 5.74) is 4.79. The Morgan fingerprint density at radius 1 is 1.08 bits per heavy atom. The summed E-state index contributed by atoms with van der Waals surface area (Å²) in [6.07, 6.45) is 1.72. The van der Waals surface area contributed by atoms with Crippen molar-refractivity contribution in [3.8, 4) is 11.4 Å². The zero-order valence-electron chi connectivity index (χ0n) is 15.3. The molecule has 2 heterocycles. The highest BCUT2D eigenvalue weighted by molar-refractivity contribution is 7.89. The molecule has 6 nitrogen and oxygen atoms in total. The largest absolute Gasteiger partial charge is 0.266 e. The highest BCUT2D eigenvalue weighted by Crippen LogP contribution is 2.22. The first kappa shape index (κ1) is 18.3. The first-order chi connectivity index (χ1) is 12.3. The molecule has 7 heteroatoms. The van der Waals surface area contributed by atoms with Crippen molar-refractivity contribution < 1.29 is 8.42 Å². The fourth-order valence-corrected chi connectivity index (χ4v) is 4.65. The highest BCUT2D eigenvalue weighted by atomic mass is 32.2. The lowest BCUT2D eigenvalue weighted by Crippen LogP contribution is -2.25. The summed E-state index contributed by atoms with van der Waals surface area (Å²) >= 11 is 0. The number of benzene rings is 1. The van der Waals surface area contributed by atoms with Gasteiger partial charge in [0.25, 0.3) is 0 Å². The first-order valence-electron chi connectivity index (χ1n) is 8.30. The van der Waals surface area contributed by atoms with E-state index in [2.05, 4.69) is 14.8 Å². The van der Waals surface area contributed by atoms with Gasteiger partial charge in [-0.25, -0.2) is 13.1 Å². The number of nitrogens with one attached hydrogen (secondary N) is 1. The van der Waals surface area contributed by atoms with E-state index in [1.54, 1.807) is 10.9 Å². The molecule has 0 unspecified atom stereocenters. The predicted octanol–water partition coefficient (Wildman–Crippen LogP) is 2.89.